The Morgan fingerprint density at radius 3 is 2.68 bits per heavy atom. The molecule has 12 heteroatoms. The van der Waals surface area contributed by atoms with Gasteiger partial charge in [-0.25, -0.2) is 18.4 Å². The van der Waals surface area contributed by atoms with Gasteiger partial charge < -0.3 is 15.8 Å². The number of thiophene rings is 1. The normalized spacial score (nSPS) is 11.2. The van der Waals surface area contributed by atoms with Crippen molar-refractivity contribution in [2.75, 3.05) is 5.32 Å². The fourth-order valence-corrected chi connectivity index (χ4v) is 4.47. The molecular weight excluding hydrogens is 488 g/mol. The molecule has 4 aromatic rings. The number of rotatable bonds is 7. The number of fused-ring (bicyclic) bond motifs is 1. The zero-order chi connectivity index (χ0) is 24.6. The summed E-state index contributed by atoms with van der Waals surface area (Å²) in [4.78, 5) is 28.9. The van der Waals surface area contributed by atoms with Crippen LogP contribution in [0.2, 0.25) is 5.02 Å². The second-order valence-corrected chi connectivity index (χ2v) is 8.80. The molecule has 176 valence electrons. The monoisotopic (exact) mass is 505 g/mol. The summed E-state index contributed by atoms with van der Waals surface area (Å²) in [6.45, 7) is 3.49. The minimum atomic E-state index is -2.77. The lowest BCUT2D eigenvalue weighted by molar-refractivity contribution is 0.100. The molecule has 8 nitrogen and oxygen atoms in total. The number of pyridine rings is 1. The molecule has 1 aromatic carbocycles. The number of nitrogens with one attached hydrogen (secondary N) is 1. The number of amides is 2. The van der Waals surface area contributed by atoms with Crippen molar-refractivity contribution in [3.8, 4) is 5.75 Å². The van der Waals surface area contributed by atoms with E-state index in [2.05, 4.69) is 15.4 Å². The van der Waals surface area contributed by atoms with E-state index in [-0.39, 0.29) is 27.8 Å². The number of halogens is 3. The molecule has 0 bridgehead atoms. The van der Waals surface area contributed by atoms with Crippen molar-refractivity contribution in [3.05, 3.63) is 68.9 Å². The number of aryl methyl sites for hydroxylation is 2. The summed E-state index contributed by atoms with van der Waals surface area (Å²) in [5.41, 5.74) is 6.50. The number of carbonyl (C=O) groups is 2. The predicted molar refractivity (Wildman–Crippen MR) is 125 cm³/mol. The lowest BCUT2D eigenvalue weighted by atomic mass is 10.1. The number of benzene rings is 1. The predicted octanol–water partition coefficient (Wildman–Crippen LogP) is 5.09. The summed E-state index contributed by atoms with van der Waals surface area (Å²) >= 11 is 6.85. The summed E-state index contributed by atoms with van der Waals surface area (Å²) in [7, 11) is 0. The van der Waals surface area contributed by atoms with E-state index in [9.17, 15) is 18.4 Å². The average Bonchev–Trinajstić information content (AvgIpc) is 3.40. The largest absolute Gasteiger partial charge is 0.471 e. The number of nitrogens with zero attached hydrogens (tertiary/aromatic N) is 3. The molecular formula is C22H18ClF2N5O3S. The SMILES string of the molecule is Cc1cc(OCn2ccc(C(=O)Nc3c(C(N)=O)sc4nc(C(F)F)cc(C)c34)n2)ccc1Cl. The Hall–Kier alpha value is -3.57. The molecule has 0 aliphatic heterocycles. The maximum atomic E-state index is 13.1. The van der Waals surface area contributed by atoms with Crippen LogP contribution in [0.3, 0.4) is 0 Å². The molecule has 0 unspecified atom stereocenters. The third-order valence-electron chi connectivity index (χ3n) is 4.93. The molecule has 34 heavy (non-hydrogen) atoms. The maximum Gasteiger partial charge on any atom is 0.280 e. The number of aromatic nitrogens is 3. The third kappa shape index (κ3) is 4.70. The van der Waals surface area contributed by atoms with Crippen LogP contribution in [0.25, 0.3) is 10.2 Å². The number of anilines is 1. The fraction of sp³-hybridized carbons (Fsp3) is 0.182. The molecule has 0 fully saturated rings. The number of hydrogen-bond donors (Lipinski definition) is 2. The van der Waals surface area contributed by atoms with Crippen molar-refractivity contribution >= 4 is 50.7 Å². The van der Waals surface area contributed by atoms with Crippen molar-refractivity contribution in [1.82, 2.24) is 14.8 Å². The highest BCUT2D eigenvalue weighted by atomic mass is 35.5. The Morgan fingerprint density at radius 1 is 1.24 bits per heavy atom. The van der Waals surface area contributed by atoms with Gasteiger partial charge in [-0.05, 0) is 55.3 Å². The van der Waals surface area contributed by atoms with Crippen LogP contribution in [-0.4, -0.2) is 26.6 Å². The molecule has 3 N–H and O–H groups in total. The molecule has 0 saturated carbocycles. The van der Waals surface area contributed by atoms with E-state index in [1.807, 2.05) is 6.92 Å². The number of ether oxygens (including phenoxy) is 1. The van der Waals surface area contributed by atoms with Gasteiger partial charge in [0.25, 0.3) is 18.2 Å². The topological polar surface area (TPSA) is 112 Å². The van der Waals surface area contributed by atoms with Gasteiger partial charge in [-0.3, -0.25) is 9.59 Å². The molecule has 3 aromatic heterocycles. The average molecular weight is 506 g/mol. The number of primary amides is 1. The number of alkyl halides is 2. The molecule has 0 aliphatic carbocycles. The lowest BCUT2D eigenvalue weighted by Gasteiger charge is -2.08. The van der Waals surface area contributed by atoms with Gasteiger partial charge in [0.15, 0.2) is 12.4 Å². The Bertz CT molecular complexity index is 1420. The van der Waals surface area contributed by atoms with Gasteiger partial charge in [0.1, 0.15) is 21.2 Å². The minimum absolute atomic E-state index is 0.00578. The minimum Gasteiger partial charge on any atom is -0.471 e. The summed E-state index contributed by atoms with van der Waals surface area (Å²) in [5, 5.41) is 7.81. The van der Waals surface area contributed by atoms with Crippen LogP contribution >= 0.6 is 22.9 Å². The Balaban J connectivity index is 1.56. The van der Waals surface area contributed by atoms with E-state index in [4.69, 9.17) is 22.1 Å². The van der Waals surface area contributed by atoms with Crippen LogP contribution < -0.4 is 15.8 Å². The van der Waals surface area contributed by atoms with Gasteiger partial charge >= 0.3 is 0 Å². The summed E-state index contributed by atoms with van der Waals surface area (Å²) in [6.07, 6.45) is -1.22. The highest BCUT2D eigenvalue weighted by molar-refractivity contribution is 7.21. The van der Waals surface area contributed by atoms with Crippen molar-refractivity contribution in [3.63, 3.8) is 0 Å². The van der Waals surface area contributed by atoms with Crippen LogP contribution in [0.5, 0.6) is 5.75 Å². The molecule has 0 saturated heterocycles. The summed E-state index contributed by atoms with van der Waals surface area (Å²) in [6, 6.07) is 7.91. The Morgan fingerprint density at radius 2 is 2.00 bits per heavy atom. The first kappa shape index (κ1) is 23.6. The van der Waals surface area contributed by atoms with E-state index >= 15 is 0 Å². The fourth-order valence-electron chi connectivity index (χ4n) is 3.29. The van der Waals surface area contributed by atoms with E-state index in [0.29, 0.717) is 21.7 Å². The van der Waals surface area contributed by atoms with Crippen LogP contribution in [0, 0.1) is 13.8 Å². The molecule has 0 atom stereocenters. The van der Waals surface area contributed by atoms with Crippen molar-refractivity contribution < 1.29 is 23.1 Å². The highest BCUT2D eigenvalue weighted by Gasteiger charge is 2.24. The van der Waals surface area contributed by atoms with E-state index in [0.717, 1.165) is 16.9 Å². The highest BCUT2D eigenvalue weighted by Crippen LogP contribution is 2.38. The number of carbonyl (C=O) groups excluding carboxylic acids is 2. The van der Waals surface area contributed by atoms with Gasteiger partial charge in [-0.2, -0.15) is 5.10 Å². The van der Waals surface area contributed by atoms with Gasteiger partial charge in [0.2, 0.25) is 0 Å². The third-order valence-corrected chi connectivity index (χ3v) is 6.45. The second kappa shape index (κ2) is 9.35. The second-order valence-electron chi connectivity index (χ2n) is 7.39. The zero-order valence-corrected chi connectivity index (χ0v) is 19.5. The van der Waals surface area contributed by atoms with Crippen molar-refractivity contribution in [1.29, 1.82) is 0 Å². The number of hydrogen-bond acceptors (Lipinski definition) is 6. The zero-order valence-electron chi connectivity index (χ0n) is 17.9. The quantitative estimate of drug-likeness (QED) is 0.363. The van der Waals surface area contributed by atoms with Gasteiger partial charge in [0, 0.05) is 16.6 Å². The number of nitrogens with two attached hydrogens (primary N) is 1. The molecule has 0 radical (unpaired) electrons. The standard InChI is InChI=1S/C22H18ClF2N5O3S/c1-10-7-12(3-4-13(10)23)33-9-30-6-5-14(29-30)21(32)28-17-16-11(2)8-15(19(24)25)27-22(16)34-18(17)20(26)31/h3-8,19H,9H2,1-2H3,(H2,26,31)(H,28,32). The van der Waals surface area contributed by atoms with E-state index < -0.39 is 23.9 Å². The summed E-state index contributed by atoms with van der Waals surface area (Å²) < 4.78 is 33.4. The molecule has 3 heterocycles. The first-order chi connectivity index (χ1) is 16.1. The van der Waals surface area contributed by atoms with E-state index in [1.165, 1.54) is 16.8 Å². The molecule has 0 aliphatic rings. The van der Waals surface area contributed by atoms with E-state index in [1.54, 1.807) is 31.3 Å². The maximum absolute atomic E-state index is 13.1. The van der Waals surface area contributed by atoms with Crippen LogP contribution in [0.15, 0.2) is 36.5 Å². The van der Waals surface area contributed by atoms with Crippen LogP contribution in [-0.2, 0) is 6.73 Å². The van der Waals surface area contributed by atoms with Gasteiger partial charge in [-0.15, -0.1) is 11.3 Å². The smallest absolute Gasteiger partial charge is 0.280 e. The van der Waals surface area contributed by atoms with Crippen molar-refractivity contribution in [2.24, 2.45) is 5.73 Å². The first-order valence-electron chi connectivity index (χ1n) is 9.89. The summed E-state index contributed by atoms with van der Waals surface area (Å²) in [5.74, 6) is -0.834. The van der Waals surface area contributed by atoms with Gasteiger partial charge in [-0.1, -0.05) is 11.6 Å². The Labute approximate surface area is 201 Å². The molecule has 0 spiro atoms. The Kier molecular flexibility index (Phi) is 6.49. The molecule has 4 rings (SSSR count). The van der Waals surface area contributed by atoms with Gasteiger partial charge in [0.05, 0.1) is 5.69 Å². The first-order valence-corrected chi connectivity index (χ1v) is 11.1. The van der Waals surface area contributed by atoms with Crippen LogP contribution in [0.1, 0.15) is 43.4 Å². The lowest BCUT2D eigenvalue weighted by Crippen LogP contribution is -2.17. The van der Waals surface area contributed by atoms with Crippen molar-refractivity contribution in [2.45, 2.75) is 27.0 Å². The molecule has 2 amide bonds. The van der Waals surface area contributed by atoms with Crippen LogP contribution in [0.4, 0.5) is 14.5 Å².